The largest absolute Gasteiger partial charge is 0.390 e. The Bertz CT molecular complexity index is 1290. The van der Waals surface area contributed by atoms with Gasteiger partial charge in [-0.3, -0.25) is 4.79 Å². The summed E-state index contributed by atoms with van der Waals surface area (Å²) in [4.78, 5) is 12.2. The van der Waals surface area contributed by atoms with Crippen molar-refractivity contribution in [2.45, 2.75) is 111 Å². The minimum Gasteiger partial charge on any atom is -0.390 e. The number of carbonyl (C=O) groups is 1. The highest BCUT2D eigenvalue weighted by atomic mass is 31.2. The van der Waals surface area contributed by atoms with Gasteiger partial charge in [-0.1, -0.05) is 125 Å². The second-order valence-corrected chi connectivity index (χ2v) is 18.4. The average molecular weight is 631 g/mol. The van der Waals surface area contributed by atoms with Crippen molar-refractivity contribution < 1.29 is 14.5 Å². The van der Waals surface area contributed by atoms with Crippen LogP contribution < -0.4 is 10.6 Å². The van der Waals surface area contributed by atoms with Gasteiger partial charge in [0.15, 0.2) is 0 Å². The SMILES string of the molecule is C=C1C(C)CC(=CCP(=O)(c2ccccc2)c2ccccc2)CC1C.C[C@@H](CCCC(C)(C)O)C1CC[C@H]2C(=O)CCC[C@]12C. The standard InChI is InChI=1S/C23H27OP.C18H32O2/c1-18-16-21(17-19(2)20(18)3)14-15-25(24,22-10-6-4-7-11-22)23-12-8-5-9-13-23;1-13(7-5-11-17(2,3)20)14-9-10-15-16(19)8-6-12-18(14,15)4/h4-14,18-19H,3,15-17H2,1-2H3;13-15,20H,5-12H2,1-4H3/t;13-,14?,15-,18+/m.0/s1. The maximum atomic E-state index is 14.0. The van der Waals surface area contributed by atoms with Crippen LogP contribution in [-0.2, 0) is 9.36 Å². The normalized spacial score (nSPS) is 27.8. The molecule has 4 heteroatoms. The lowest BCUT2D eigenvalue weighted by molar-refractivity contribution is -0.130. The summed E-state index contributed by atoms with van der Waals surface area (Å²) in [5.74, 6) is 3.30. The van der Waals surface area contributed by atoms with E-state index in [9.17, 15) is 14.5 Å². The molecule has 246 valence electrons. The maximum Gasteiger partial charge on any atom is 0.146 e. The summed E-state index contributed by atoms with van der Waals surface area (Å²) in [6.07, 6.45) is 13.6. The molecule has 3 saturated carbocycles. The molecule has 0 saturated heterocycles. The maximum absolute atomic E-state index is 14.0. The third-order valence-electron chi connectivity index (χ3n) is 11.5. The molecule has 0 amide bonds. The third-order valence-corrected chi connectivity index (χ3v) is 14.4. The van der Waals surface area contributed by atoms with Crippen LogP contribution in [-0.4, -0.2) is 22.7 Å². The highest BCUT2D eigenvalue weighted by Gasteiger charge is 2.52. The molecule has 0 aromatic heterocycles. The van der Waals surface area contributed by atoms with Gasteiger partial charge in [0.2, 0.25) is 0 Å². The zero-order chi connectivity index (χ0) is 32.8. The molecule has 45 heavy (non-hydrogen) atoms. The van der Waals surface area contributed by atoms with E-state index in [2.05, 4.69) is 40.3 Å². The van der Waals surface area contributed by atoms with Crippen LogP contribution in [0.25, 0.3) is 0 Å². The van der Waals surface area contributed by atoms with Crippen molar-refractivity contribution in [1.29, 1.82) is 0 Å². The van der Waals surface area contributed by atoms with Crippen LogP contribution in [0, 0.1) is 35.0 Å². The molecular formula is C41H59O3P. The first-order chi connectivity index (χ1) is 21.2. The molecule has 6 atom stereocenters. The summed E-state index contributed by atoms with van der Waals surface area (Å²) < 4.78 is 14.0. The molecule has 3 aliphatic carbocycles. The van der Waals surface area contributed by atoms with E-state index < -0.39 is 12.7 Å². The van der Waals surface area contributed by atoms with E-state index in [-0.39, 0.29) is 5.41 Å². The minimum absolute atomic E-state index is 0.267. The van der Waals surface area contributed by atoms with E-state index in [0.717, 1.165) is 55.6 Å². The first-order valence-corrected chi connectivity index (χ1v) is 19.5. The minimum atomic E-state index is -2.64. The Morgan fingerprint density at radius 2 is 1.56 bits per heavy atom. The van der Waals surface area contributed by atoms with Crippen molar-refractivity contribution in [3.63, 3.8) is 0 Å². The number of benzene rings is 2. The Balaban J connectivity index is 0.000000210. The zero-order valence-corrected chi connectivity index (χ0v) is 29.8. The summed E-state index contributed by atoms with van der Waals surface area (Å²) in [7, 11) is -2.64. The van der Waals surface area contributed by atoms with Crippen molar-refractivity contribution in [3.8, 4) is 0 Å². The molecule has 3 nitrogen and oxygen atoms in total. The second kappa shape index (κ2) is 15.1. The molecule has 0 radical (unpaired) electrons. The van der Waals surface area contributed by atoms with Crippen molar-refractivity contribution in [2.75, 3.05) is 6.16 Å². The molecule has 5 rings (SSSR count). The van der Waals surface area contributed by atoms with Crippen LogP contribution in [0.4, 0.5) is 0 Å². The molecule has 0 spiro atoms. The Kier molecular flexibility index (Phi) is 12.0. The molecule has 0 bridgehead atoms. The molecule has 0 heterocycles. The van der Waals surface area contributed by atoms with Gasteiger partial charge in [-0.2, -0.15) is 0 Å². The highest BCUT2D eigenvalue weighted by Crippen LogP contribution is 2.57. The number of fused-ring (bicyclic) bond motifs is 1. The van der Waals surface area contributed by atoms with E-state index >= 15 is 0 Å². The summed E-state index contributed by atoms with van der Waals surface area (Å²) in [6.45, 7) is 17.3. The van der Waals surface area contributed by atoms with Crippen LogP contribution >= 0.6 is 7.14 Å². The topological polar surface area (TPSA) is 54.4 Å². The molecule has 3 fully saturated rings. The summed E-state index contributed by atoms with van der Waals surface area (Å²) in [5.41, 5.74) is 2.51. The van der Waals surface area contributed by atoms with Gasteiger partial charge in [0.25, 0.3) is 0 Å². The second-order valence-electron chi connectivity index (χ2n) is 15.5. The molecule has 3 aliphatic rings. The number of Topliss-reactive ketones (excluding diaryl/α,β-unsaturated/α-hetero) is 1. The summed E-state index contributed by atoms with van der Waals surface area (Å²) >= 11 is 0. The van der Waals surface area contributed by atoms with Crippen LogP contribution in [0.5, 0.6) is 0 Å². The Hall–Kier alpha value is -2.22. The number of hydrogen-bond donors (Lipinski definition) is 1. The lowest BCUT2D eigenvalue weighted by Gasteiger charge is -2.42. The Morgan fingerprint density at radius 1 is 1.00 bits per heavy atom. The predicted octanol–water partition coefficient (Wildman–Crippen LogP) is 9.90. The van der Waals surface area contributed by atoms with E-state index in [1.807, 2.05) is 74.5 Å². The number of carbonyl (C=O) groups excluding carboxylic acids is 1. The number of aliphatic hydroxyl groups is 1. The fourth-order valence-electron chi connectivity index (χ4n) is 8.70. The summed E-state index contributed by atoms with van der Waals surface area (Å²) in [5, 5.41) is 11.7. The van der Waals surface area contributed by atoms with Gasteiger partial charge in [0.05, 0.1) is 5.60 Å². The van der Waals surface area contributed by atoms with Crippen LogP contribution in [0.1, 0.15) is 106 Å². The zero-order valence-electron chi connectivity index (χ0n) is 28.9. The van der Waals surface area contributed by atoms with Gasteiger partial charge in [0, 0.05) is 29.1 Å². The van der Waals surface area contributed by atoms with E-state index in [1.165, 1.54) is 30.4 Å². The Morgan fingerprint density at radius 3 is 2.09 bits per heavy atom. The quantitative estimate of drug-likeness (QED) is 0.222. The van der Waals surface area contributed by atoms with E-state index in [4.69, 9.17) is 0 Å². The summed E-state index contributed by atoms with van der Waals surface area (Å²) in [6, 6.07) is 19.9. The highest BCUT2D eigenvalue weighted by molar-refractivity contribution is 7.78. The van der Waals surface area contributed by atoms with Gasteiger partial charge in [0.1, 0.15) is 12.9 Å². The monoisotopic (exact) mass is 630 g/mol. The van der Waals surface area contributed by atoms with Crippen LogP contribution in [0.15, 0.2) is 84.5 Å². The number of rotatable bonds is 9. The number of ketones is 1. The van der Waals surface area contributed by atoms with Crippen molar-refractivity contribution in [1.82, 2.24) is 0 Å². The first kappa shape index (κ1) is 35.6. The Labute approximate surface area is 274 Å². The van der Waals surface area contributed by atoms with Crippen molar-refractivity contribution >= 4 is 23.5 Å². The van der Waals surface area contributed by atoms with Gasteiger partial charge < -0.3 is 9.67 Å². The first-order valence-electron chi connectivity index (χ1n) is 17.6. The van der Waals surface area contributed by atoms with E-state index in [1.54, 1.807) is 0 Å². The van der Waals surface area contributed by atoms with Gasteiger partial charge in [-0.15, -0.1) is 0 Å². The van der Waals surface area contributed by atoms with Crippen LogP contribution in [0.2, 0.25) is 0 Å². The van der Waals surface area contributed by atoms with Gasteiger partial charge in [-0.05, 0) is 87.9 Å². The number of hydrogen-bond acceptors (Lipinski definition) is 3. The lowest BCUT2D eigenvalue weighted by atomic mass is 9.62. The predicted molar refractivity (Wildman–Crippen MR) is 192 cm³/mol. The molecule has 3 unspecified atom stereocenters. The number of allylic oxidation sites excluding steroid dienone is 3. The molecule has 2 aromatic rings. The fraction of sp³-hybridized carbons (Fsp3) is 0.585. The van der Waals surface area contributed by atoms with Gasteiger partial charge in [-0.25, -0.2) is 0 Å². The van der Waals surface area contributed by atoms with Crippen LogP contribution in [0.3, 0.4) is 0 Å². The lowest BCUT2D eigenvalue weighted by Crippen LogP contribution is -2.39. The fourth-order valence-corrected chi connectivity index (χ4v) is 11.2. The molecule has 0 aliphatic heterocycles. The average Bonchev–Trinajstić information content (AvgIpc) is 3.37. The van der Waals surface area contributed by atoms with Crippen molar-refractivity contribution in [2.24, 2.45) is 35.0 Å². The smallest absolute Gasteiger partial charge is 0.146 e. The van der Waals surface area contributed by atoms with E-state index in [0.29, 0.717) is 41.5 Å². The molecule has 2 aromatic carbocycles. The molecule has 1 N–H and O–H groups in total. The molecular weight excluding hydrogens is 571 g/mol. The van der Waals surface area contributed by atoms with Gasteiger partial charge >= 0.3 is 0 Å². The van der Waals surface area contributed by atoms with Crippen molar-refractivity contribution in [3.05, 3.63) is 84.5 Å². The third kappa shape index (κ3) is 8.78.